The van der Waals surface area contributed by atoms with Crippen LogP contribution in [0.4, 0.5) is 0 Å². The number of hydrogen-bond acceptors (Lipinski definition) is 2. The molecule has 1 heterocycles. The van der Waals surface area contributed by atoms with E-state index in [0.29, 0.717) is 6.04 Å². The standard InChI is InChI=1S/C14H25NS/c1-4-8-13(14-9-7-10-16-14)15-11-12(5-2)6-3/h7,9-10,12-13,15H,4-6,8,11H2,1-3H3. The molecule has 92 valence electrons. The van der Waals surface area contributed by atoms with Gasteiger partial charge in [-0.1, -0.05) is 46.1 Å². The third-order valence-corrected chi connectivity index (χ3v) is 4.26. The van der Waals surface area contributed by atoms with Crippen LogP contribution in [-0.4, -0.2) is 6.54 Å². The van der Waals surface area contributed by atoms with Gasteiger partial charge in [-0.05, 0) is 30.3 Å². The van der Waals surface area contributed by atoms with E-state index in [-0.39, 0.29) is 0 Å². The van der Waals surface area contributed by atoms with Gasteiger partial charge in [0.15, 0.2) is 0 Å². The Kier molecular flexibility index (Phi) is 6.74. The van der Waals surface area contributed by atoms with Crippen molar-refractivity contribution in [3.8, 4) is 0 Å². The smallest absolute Gasteiger partial charge is 0.0414 e. The third-order valence-electron chi connectivity index (χ3n) is 3.27. The minimum atomic E-state index is 0.575. The Morgan fingerprint density at radius 2 is 2.00 bits per heavy atom. The van der Waals surface area contributed by atoms with E-state index in [1.807, 2.05) is 11.3 Å². The molecule has 0 saturated carbocycles. The zero-order valence-corrected chi connectivity index (χ0v) is 11.6. The molecule has 1 nitrogen and oxygen atoms in total. The molecule has 1 atom stereocenters. The average Bonchev–Trinajstić information content (AvgIpc) is 2.82. The van der Waals surface area contributed by atoms with Crippen LogP contribution >= 0.6 is 11.3 Å². The lowest BCUT2D eigenvalue weighted by Gasteiger charge is -2.20. The summed E-state index contributed by atoms with van der Waals surface area (Å²) in [7, 11) is 0. The fraction of sp³-hybridized carbons (Fsp3) is 0.714. The van der Waals surface area contributed by atoms with Gasteiger partial charge in [-0.2, -0.15) is 0 Å². The predicted molar refractivity (Wildman–Crippen MR) is 74.0 cm³/mol. The van der Waals surface area contributed by atoms with Crippen LogP contribution in [0, 0.1) is 5.92 Å². The molecule has 16 heavy (non-hydrogen) atoms. The van der Waals surface area contributed by atoms with Crippen molar-refractivity contribution >= 4 is 11.3 Å². The molecule has 0 fully saturated rings. The summed E-state index contributed by atoms with van der Waals surface area (Å²) in [5, 5.41) is 5.91. The van der Waals surface area contributed by atoms with E-state index in [4.69, 9.17) is 0 Å². The van der Waals surface area contributed by atoms with Crippen LogP contribution in [-0.2, 0) is 0 Å². The molecule has 0 radical (unpaired) electrons. The highest BCUT2D eigenvalue weighted by atomic mass is 32.1. The van der Waals surface area contributed by atoms with Crippen molar-refractivity contribution in [2.75, 3.05) is 6.54 Å². The van der Waals surface area contributed by atoms with Gasteiger partial charge in [0.2, 0.25) is 0 Å². The Morgan fingerprint density at radius 3 is 2.50 bits per heavy atom. The highest BCUT2D eigenvalue weighted by Crippen LogP contribution is 2.23. The second-order valence-electron chi connectivity index (χ2n) is 4.45. The molecular formula is C14H25NS. The van der Waals surface area contributed by atoms with Crippen LogP contribution in [0.15, 0.2) is 17.5 Å². The molecule has 0 aliphatic rings. The summed E-state index contributed by atoms with van der Waals surface area (Å²) in [6, 6.07) is 4.98. The second-order valence-corrected chi connectivity index (χ2v) is 5.43. The van der Waals surface area contributed by atoms with Gasteiger partial charge in [0.25, 0.3) is 0 Å². The molecule has 0 spiro atoms. The summed E-state index contributed by atoms with van der Waals surface area (Å²) in [4.78, 5) is 1.49. The predicted octanol–water partition coefficient (Wildman–Crippen LogP) is 4.62. The highest BCUT2D eigenvalue weighted by molar-refractivity contribution is 7.10. The minimum Gasteiger partial charge on any atom is -0.309 e. The van der Waals surface area contributed by atoms with Crippen LogP contribution in [0.25, 0.3) is 0 Å². The van der Waals surface area contributed by atoms with Crippen LogP contribution in [0.2, 0.25) is 0 Å². The fourth-order valence-electron chi connectivity index (χ4n) is 2.01. The topological polar surface area (TPSA) is 12.0 Å². The Balaban J connectivity index is 2.45. The summed E-state index contributed by atoms with van der Waals surface area (Å²) >= 11 is 1.88. The zero-order chi connectivity index (χ0) is 11.8. The molecule has 1 rings (SSSR count). The van der Waals surface area contributed by atoms with E-state index in [1.54, 1.807) is 0 Å². The van der Waals surface area contributed by atoms with Gasteiger partial charge in [-0.15, -0.1) is 11.3 Å². The summed E-state index contributed by atoms with van der Waals surface area (Å²) < 4.78 is 0. The van der Waals surface area contributed by atoms with E-state index in [0.717, 1.165) is 12.5 Å². The van der Waals surface area contributed by atoms with Crippen LogP contribution in [0.5, 0.6) is 0 Å². The van der Waals surface area contributed by atoms with Crippen LogP contribution in [0.3, 0.4) is 0 Å². The normalized spacial score (nSPS) is 13.2. The van der Waals surface area contributed by atoms with Crippen LogP contribution in [0.1, 0.15) is 57.4 Å². The summed E-state index contributed by atoms with van der Waals surface area (Å²) in [5.41, 5.74) is 0. The lowest BCUT2D eigenvalue weighted by atomic mass is 10.0. The fourth-order valence-corrected chi connectivity index (χ4v) is 2.85. The first-order valence-electron chi connectivity index (χ1n) is 6.58. The van der Waals surface area contributed by atoms with E-state index in [1.165, 1.54) is 30.6 Å². The summed E-state index contributed by atoms with van der Waals surface area (Å²) in [6.07, 6.45) is 5.07. The molecule has 0 aliphatic heterocycles. The van der Waals surface area contributed by atoms with Crippen molar-refractivity contribution in [1.82, 2.24) is 5.32 Å². The van der Waals surface area contributed by atoms with Crippen molar-refractivity contribution in [3.63, 3.8) is 0 Å². The highest BCUT2D eigenvalue weighted by Gasteiger charge is 2.12. The van der Waals surface area contributed by atoms with Crippen molar-refractivity contribution in [2.24, 2.45) is 5.92 Å². The number of rotatable bonds is 8. The monoisotopic (exact) mass is 239 g/mol. The van der Waals surface area contributed by atoms with Crippen molar-refractivity contribution in [3.05, 3.63) is 22.4 Å². The molecule has 0 saturated heterocycles. The maximum Gasteiger partial charge on any atom is 0.0414 e. The molecule has 1 unspecified atom stereocenters. The van der Waals surface area contributed by atoms with Gasteiger partial charge in [0.1, 0.15) is 0 Å². The average molecular weight is 239 g/mol. The number of hydrogen-bond donors (Lipinski definition) is 1. The van der Waals surface area contributed by atoms with Crippen molar-refractivity contribution in [1.29, 1.82) is 0 Å². The third kappa shape index (κ3) is 4.26. The van der Waals surface area contributed by atoms with E-state index < -0.39 is 0 Å². The zero-order valence-electron chi connectivity index (χ0n) is 10.8. The van der Waals surface area contributed by atoms with Crippen LogP contribution < -0.4 is 5.32 Å². The van der Waals surface area contributed by atoms with Gasteiger partial charge >= 0.3 is 0 Å². The van der Waals surface area contributed by atoms with E-state index in [2.05, 4.69) is 43.6 Å². The Morgan fingerprint density at radius 1 is 1.25 bits per heavy atom. The summed E-state index contributed by atoms with van der Waals surface area (Å²) in [5.74, 6) is 0.833. The van der Waals surface area contributed by atoms with Gasteiger partial charge in [0, 0.05) is 10.9 Å². The molecule has 0 aromatic carbocycles. The number of nitrogens with one attached hydrogen (secondary N) is 1. The quantitative estimate of drug-likeness (QED) is 0.698. The SMILES string of the molecule is CCCC(NCC(CC)CC)c1cccs1. The first kappa shape index (κ1) is 13.7. The van der Waals surface area contributed by atoms with Gasteiger partial charge in [-0.3, -0.25) is 0 Å². The first-order chi connectivity index (χ1) is 7.81. The Labute approximate surface area is 104 Å². The molecule has 0 aliphatic carbocycles. The molecule has 1 N–H and O–H groups in total. The first-order valence-corrected chi connectivity index (χ1v) is 7.46. The van der Waals surface area contributed by atoms with Gasteiger partial charge in [0.05, 0.1) is 0 Å². The van der Waals surface area contributed by atoms with Gasteiger partial charge in [-0.25, -0.2) is 0 Å². The minimum absolute atomic E-state index is 0.575. The Hall–Kier alpha value is -0.340. The Bertz CT molecular complexity index is 252. The molecule has 0 bridgehead atoms. The van der Waals surface area contributed by atoms with Crippen molar-refractivity contribution < 1.29 is 0 Å². The van der Waals surface area contributed by atoms with E-state index in [9.17, 15) is 0 Å². The molecule has 1 aromatic rings. The van der Waals surface area contributed by atoms with Crippen molar-refractivity contribution in [2.45, 2.75) is 52.5 Å². The molecule has 1 aromatic heterocycles. The van der Waals surface area contributed by atoms with E-state index >= 15 is 0 Å². The maximum absolute atomic E-state index is 3.74. The largest absolute Gasteiger partial charge is 0.309 e. The number of thiophene rings is 1. The molecule has 0 amide bonds. The van der Waals surface area contributed by atoms with Gasteiger partial charge < -0.3 is 5.32 Å². The summed E-state index contributed by atoms with van der Waals surface area (Å²) in [6.45, 7) is 8.00. The second kappa shape index (κ2) is 7.86. The lowest BCUT2D eigenvalue weighted by Crippen LogP contribution is -2.26. The molecular weight excluding hydrogens is 214 g/mol. The molecule has 2 heteroatoms. The maximum atomic E-state index is 3.74. The lowest BCUT2D eigenvalue weighted by molar-refractivity contribution is 0.401.